The van der Waals surface area contributed by atoms with Gasteiger partial charge in [-0.1, -0.05) is 0 Å². The molecule has 190 valence electrons. The summed E-state index contributed by atoms with van der Waals surface area (Å²) in [5, 5.41) is 2.14. The third-order valence-corrected chi connectivity index (χ3v) is 6.08. The molecule has 0 saturated heterocycles. The largest absolute Gasteiger partial charge is 0.416 e. The van der Waals surface area contributed by atoms with E-state index in [2.05, 4.69) is 5.32 Å². The first-order valence-electron chi connectivity index (χ1n) is 11.1. The van der Waals surface area contributed by atoms with Gasteiger partial charge in [0, 0.05) is 36.7 Å². The van der Waals surface area contributed by atoms with Crippen molar-refractivity contribution in [2.24, 2.45) is 7.05 Å². The average molecular weight is 502 g/mol. The number of carbonyl (C=O) groups excluding carboxylic acids is 2. The molecule has 12 heteroatoms. The lowest BCUT2D eigenvalue weighted by molar-refractivity contribution is -0.143. The Kier molecular flexibility index (Phi) is 6.50. The second-order valence-electron chi connectivity index (χ2n) is 8.95. The lowest BCUT2D eigenvalue weighted by atomic mass is 10.1. The van der Waals surface area contributed by atoms with Crippen LogP contribution in [0.1, 0.15) is 42.5 Å². The topological polar surface area (TPSA) is 57.6 Å². The Morgan fingerprint density at radius 1 is 0.943 bits per heavy atom. The monoisotopic (exact) mass is 502 g/mol. The van der Waals surface area contributed by atoms with Gasteiger partial charge in [-0.15, -0.1) is 0 Å². The number of urea groups is 1. The summed E-state index contributed by atoms with van der Waals surface area (Å²) >= 11 is 0. The summed E-state index contributed by atoms with van der Waals surface area (Å²) < 4.78 is 80.8. The number of rotatable bonds is 7. The summed E-state index contributed by atoms with van der Waals surface area (Å²) in [6.45, 7) is 0.0260. The number of hydrogen-bond donors (Lipinski definition) is 1. The minimum Gasteiger partial charge on any atom is -0.353 e. The first kappa shape index (κ1) is 24.9. The van der Waals surface area contributed by atoms with E-state index < -0.39 is 35.2 Å². The highest BCUT2D eigenvalue weighted by atomic mass is 19.4. The molecule has 2 aliphatic carbocycles. The smallest absolute Gasteiger partial charge is 0.353 e. The molecule has 2 aliphatic rings. The van der Waals surface area contributed by atoms with Crippen LogP contribution in [0.3, 0.4) is 0 Å². The van der Waals surface area contributed by atoms with Crippen molar-refractivity contribution in [2.45, 2.75) is 56.7 Å². The summed E-state index contributed by atoms with van der Waals surface area (Å²) in [5.74, 6) is -0.323. The Bertz CT molecular complexity index is 1070. The molecule has 2 aromatic rings. The van der Waals surface area contributed by atoms with Crippen LogP contribution in [-0.4, -0.2) is 44.9 Å². The highest BCUT2D eigenvalue weighted by Crippen LogP contribution is 2.38. The predicted molar refractivity (Wildman–Crippen MR) is 114 cm³/mol. The van der Waals surface area contributed by atoms with Crippen molar-refractivity contribution in [3.63, 3.8) is 0 Å². The predicted octanol–water partition coefficient (Wildman–Crippen LogP) is 5.25. The standard InChI is InChI=1S/C23H24F6N4O2/c1-31-8-2-3-19(31)12-32(17-4-5-17)20(34)13-33(18-6-7-18)21(35)30-16-10-14(22(24,25)26)9-15(11-16)23(27,28)29/h2-3,8-11,17-18H,4-7,12-13H2,1H3,(H,30,35). The van der Waals surface area contributed by atoms with E-state index in [1.165, 1.54) is 4.90 Å². The molecule has 0 aliphatic heterocycles. The number of aryl methyl sites for hydroxylation is 1. The van der Waals surface area contributed by atoms with Crippen LogP contribution in [0.5, 0.6) is 0 Å². The number of carbonyl (C=O) groups is 2. The Morgan fingerprint density at radius 2 is 1.49 bits per heavy atom. The first-order valence-corrected chi connectivity index (χ1v) is 11.1. The minimum absolute atomic E-state index is 0.00502. The molecule has 4 rings (SSSR count). The van der Waals surface area contributed by atoms with Crippen molar-refractivity contribution in [3.05, 3.63) is 53.3 Å². The van der Waals surface area contributed by atoms with E-state index in [0.29, 0.717) is 31.5 Å². The van der Waals surface area contributed by atoms with Crippen molar-refractivity contribution < 1.29 is 35.9 Å². The number of nitrogens with zero attached hydrogens (tertiary/aromatic N) is 3. The summed E-state index contributed by atoms with van der Waals surface area (Å²) in [7, 11) is 1.85. The molecule has 1 aromatic heterocycles. The summed E-state index contributed by atoms with van der Waals surface area (Å²) in [6.07, 6.45) is -5.37. The van der Waals surface area contributed by atoms with E-state index in [-0.39, 0.29) is 30.6 Å². The van der Waals surface area contributed by atoms with Crippen LogP contribution in [-0.2, 0) is 30.7 Å². The van der Waals surface area contributed by atoms with Crippen LogP contribution in [0, 0.1) is 0 Å². The molecule has 0 radical (unpaired) electrons. The highest BCUT2D eigenvalue weighted by molar-refractivity contribution is 5.93. The maximum Gasteiger partial charge on any atom is 0.416 e. The van der Waals surface area contributed by atoms with E-state index in [0.717, 1.165) is 18.5 Å². The van der Waals surface area contributed by atoms with Gasteiger partial charge in [0.1, 0.15) is 6.54 Å². The van der Waals surface area contributed by atoms with Gasteiger partial charge in [0.05, 0.1) is 17.7 Å². The molecule has 0 atom stereocenters. The number of hydrogen-bond acceptors (Lipinski definition) is 2. The second-order valence-corrected chi connectivity index (χ2v) is 8.95. The zero-order chi connectivity index (χ0) is 25.5. The van der Waals surface area contributed by atoms with Crippen molar-refractivity contribution >= 4 is 17.6 Å². The normalized spacial score (nSPS) is 16.2. The quantitative estimate of drug-likeness (QED) is 0.526. The van der Waals surface area contributed by atoms with Crippen molar-refractivity contribution in [1.29, 1.82) is 0 Å². The second kappa shape index (κ2) is 9.12. The fourth-order valence-corrected chi connectivity index (χ4v) is 3.85. The molecule has 1 aromatic carbocycles. The van der Waals surface area contributed by atoms with Crippen molar-refractivity contribution in [1.82, 2.24) is 14.4 Å². The fourth-order valence-electron chi connectivity index (χ4n) is 3.85. The highest BCUT2D eigenvalue weighted by Gasteiger charge is 2.40. The van der Waals surface area contributed by atoms with Crippen LogP contribution in [0.4, 0.5) is 36.8 Å². The number of benzene rings is 1. The number of aromatic nitrogens is 1. The van der Waals surface area contributed by atoms with Crippen LogP contribution in [0.2, 0.25) is 0 Å². The maximum atomic E-state index is 13.2. The molecule has 3 amide bonds. The van der Waals surface area contributed by atoms with Crippen LogP contribution >= 0.6 is 0 Å². The summed E-state index contributed by atoms with van der Waals surface area (Å²) in [4.78, 5) is 28.9. The number of anilines is 1. The number of amides is 3. The van der Waals surface area contributed by atoms with Gasteiger partial charge >= 0.3 is 18.4 Å². The number of halogens is 6. The lowest BCUT2D eigenvalue weighted by Crippen LogP contribution is -2.46. The zero-order valence-corrected chi connectivity index (χ0v) is 18.8. The van der Waals surface area contributed by atoms with Gasteiger partial charge < -0.3 is 19.7 Å². The van der Waals surface area contributed by atoms with Gasteiger partial charge in [-0.2, -0.15) is 26.3 Å². The van der Waals surface area contributed by atoms with Gasteiger partial charge in [0.25, 0.3) is 0 Å². The van der Waals surface area contributed by atoms with Crippen LogP contribution in [0.25, 0.3) is 0 Å². The average Bonchev–Trinajstić information content (AvgIpc) is 3.68. The van der Waals surface area contributed by atoms with Gasteiger partial charge in [0.2, 0.25) is 5.91 Å². The van der Waals surface area contributed by atoms with Gasteiger partial charge in [0.15, 0.2) is 0 Å². The van der Waals surface area contributed by atoms with E-state index in [9.17, 15) is 35.9 Å². The molecule has 0 bridgehead atoms. The molecular formula is C23H24F6N4O2. The van der Waals surface area contributed by atoms with Crippen molar-refractivity contribution in [2.75, 3.05) is 11.9 Å². The Balaban J connectivity index is 1.51. The molecule has 1 N–H and O–H groups in total. The van der Waals surface area contributed by atoms with E-state index in [1.54, 1.807) is 4.90 Å². The molecule has 6 nitrogen and oxygen atoms in total. The first-order chi connectivity index (χ1) is 16.3. The lowest BCUT2D eigenvalue weighted by Gasteiger charge is -2.28. The maximum absolute atomic E-state index is 13.2. The molecule has 0 unspecified atom stereocenters. The molecule has 2 saturated carbocycles. The van der Waals surface area contributed by atoms with Gasteiger partial charge in [-0.25, -0.2) is 4.79 Å². The fraction of sp³-hybridized carbons (Fsp3) is 0.478. The van der Waals surface area contributed by atoms with Crippen LogP contribution < -0.4 is 5.32 Å². The third kappa shape index (κ3) is 6.09. The van der Waals surface area contributed by atoms with E-state index >= 15 is 0 Å². The van der Waals surface area contributed by atoms with Crippen molar-refractivity contribution in [3.8, 4) is 0 Å². The SMILES string of the molecule is Cn1cccc1CN(C(=O)CN(C(=O)Nc1cc(C(F)(F)F)cc(C(F)(F)F)c1)C1CC1)C1CC1. The Morgan fingerprint density at radius 3 is 1.94 bits per heavy atom. The minimum atomic E-state index is -5.03. The molecular weight excluding hydrogens is 478 g/mol. The number of alkyl halides is 6. The van der Waals surface area contributed by atoms with Gasteiger partial charge in [-0.3, -0.25) is 4.79 Å². The molecule has 35 heavy (non-hydrogen) atoms. The Hall–Kier alpha value is -3.18. The third-order valence-electron chi connectivity index (χ3n) is 6.08. The molecule has 1 heterocycles. The van der Waals surface area contributed by atoms with E-state index in [1.807, 2.05) is 29.9 Å². The zero-order valence-electron chi connectivity index (χ0n) is 18.8. The molecule has 0 spiro atoms. The summed E-state index contributed by atoms with van der Waals surface area (Å²) in [5.41, 5.74) is -2.80. The van der Waals surface area contributed by atoms with E-state index in [4.69, 9.17) is 0 Å². The molecule has 2 fully saturated rings. The Labute approximate surface area is 197 Å². The number of nitrogens with one attached hydrogen (secondary N) is 1. The summed E-state index contributed by atoms with van der Waals surface area (Å²) in [6, 6.07) is 3.44. The van der Waals surface area contributed by atoms with Gasteiger partial charge in [-0.05, 0) is 56.0 Å². The van der Waals surface area contributed by atoms with Crippen LogP contribution in [0.15, 0.2) is 36.5 Å².